The molecule has 1 saturated carbocycles. The number of hydrogen-bond donors (Lipinski definition) is 2. The second kappa shape index (κ2) is 8.68. The molecule has 1 aliphatic carbocycles. The summed E-state index contributed by atoms with van der Waals surface area (Å²) in [6.45, 7) is 6.89. The van der Waals surface area contributed by atoms with E-state index in [1.165, 1.54) is 0 Å². The van der Waals surface area contributed by atoms with E-state index in [9.17, 15) is 14.4 Å². The minimum Gasteiger partial charge on any atom is -0.354 e. The molecule has 0 unspecified atom stereocenters. The van der Waals surface area contributed by atoms with Crippen molar-refractivity contribution in [2.24, 2.45) is 11.8 Å². The van der Waals surface area contributed by atoms with Crippen LogP contribution in [0.15, 0.2) is 0 Å². The van der Waals surface area contributed by atoms with Gasteiger partial charge in [-0.25, -0.2) is 4.79 Å². The zero-order valence-electron chi connectivity index (χ0n) is 15.9. The minimum absolute atomic E-state index is 0.174. The molecule has 0 aromatic heterocycles. The number of carbonyl (C=O) groups is 3. The summed E-state index contributed by atoms with van der Waals surface area (Å²) in [6.07, 6.45) is 7.62. The quantitative estimate of drug-likeness (QED) is 0.660. The Morgan fingerprint density at radius 3 is 2.60 bits per heavy atom. The molecule has 1 spiro atoms. The van der Waals surface area contributed by atoms with Gasteiger partial charge in [-0.3, -0.25) is 14.5 Å². The van der Waals surface area contributed by atoms with E-state index in [4.69, 9.17) is 0 Å². The maximum atomic E-state index is 12.7. The third-order valence-corrected chi connectivity index (χ3v) is 5.81. The first-order chi connectivity index (χ1) is 11.9. The fourth-order valence-corrected chi connectivity index (χ4v) is 3.81. The van der Waals surface area contributed by atoms with Crippen molar-refractivity contribution in [1.29, 1.82) is 0 Å². The molecular weight excluding hydrogens is 318 g/mol. The predicted octanol–water partition coefficient (Wildman–Crippen LogP) is 2.82. The van der Waals surface area contributed by atoms with E-state index in [1.807, 2.05) is 0 Å². The van der Waals surface area contributed by atoms with E-state index < -0.39 is 11.6 Å². The van der Waals surface area contributed by atoms with Crippen LogP contribution in [0.2, 0.25) is 0 Å². The van der Waals surface area contributed by atoms with Crippen LogP contribution >= 0.6 is 0 Å². The summed E-state index contributed by atoms with van der Waals surface area (Å²) in [5, 5.41) is 5.75. The Kier molecular flexibility index (Phi) is 6.85. The van der Waals surface area contributed by atoms with Crippen LogP contribution in [0.5, 0.6) is 0 Å². The van der Waals surface area contributed by atoms with Crippen LogP contribution in [-0.2, 0) is 9.59 Å². The maximum absolute atomic E-state index is 12.7. The van der Waals surface area contributed by atoms with Crippen LogP contribution in [-0.4, -0.2) is 41.4 Å². The Labute approximate surface area is 151 Å². The van der Waals surface area contributed by atoms with Crippen molar-refractivity contribution >= 4 is 17.8 Å². The van der Waals surface area contributed by atoms with Crippen molar-refractivity contribution in [3.63, 3.8) is 0 Å². The summed E-state index contributed by atoms with van der Waals surface area (Å²) < 4.78 is 0. The Hall–Kier alpha value is -1.59. The Morgan fingerprint density at radius 1 is 1.32 bits per heavy atom. The molecule has 1 heterocycles. The molecule has 142 valence electrons. The molecule has 1 atom stereocenters. The highest BCUT2D eigenvalue weighted by Crippen LogP contribution is 2.36. The average molecular weight is 351 g/mol. The van der Waals surface area contributed by atoms with Crippen molar-refractivity contribution in [1.82, 2.24) is 15.5 Å². The van der Waals surface area contributed by atoms with Crippen LogP contribution in [0.3, 0.4) is 0 Å². The van der Waals surface area contributed by atoms with Gasteiger partial charge in [0.2, 0.25) is 5.91 Å². The van der Waals surface area contributed by atoms with Crippen LogP contribution in [0.1, 0.15) is 72.1 Å². The third kappa shape index (κ3) is 4.73. The van der Waals surface area contributed by atoms with Gasteiger partial charge < -0.3 is 10.6 Å². The molecule has 0 radical (unpaired) electrons. The van der Waals surface area contributed by atoms with Gasteiger partial charge in [-0.1, -0.05) is 40.0 Å². The van der Waals surface area contributed by atoms with E-state index in [1.54, 1.807) is 0 Å². The summed E-state index contributed by atoms with van der Waals surface area (Å²) in [5.74, 6) is 0.567. The molecule has 4 amide bonds. The zero-order chi connectivity index (χ0) is 18.4. The van der Waals surface area contributed by atoms with E-state index in [-0.39, 0.29) is 18.4 Å². The van der Waals surface area contributed by atoms with Crippen molar-refractivity contribution in [2.75, 3.05) is 13.1 Å². The number of nitrogens with one attached hydrogen (secondary N) is 2. The molecule has 6 nitrogen and oxygen atoms in total. The Balaban J connectivity index is 1.86. The van der Waals surface area contributed by atoms with Gasteiger partial charge in [-0.05, 0) is 43.9 Å². The first kappa shape index (κ1) is 19.7. The van der Waals surface area contributed by atoms with Crippen molar-refractivity contribution in [2.45, 2.75) is 77.7 Å². The SMILES string of the molecule is CCCC[C@H](CC)CNC(=O)CN1C(=O)NC2(CCC(C)CC2)C1=O. The predicted molar refractivity (Wildman–Crippen MR) is 96.9 cm³/mol. The van der Waals surface area contributed by atoms with Gasteiger partial charge in [-0.2, -0.15) is 0 Å². The normalized spacial score (nSPS) is 27.5. The van der Waals surface area contributed by atoms with Gasteiger partial charge in [-0.15, -0.1) is 0 Å². The number of hydrogen-bond acceptors (Lipinski definition) is 3. The van der Waals surface area contributed by atoms with Gasteiger partial charge in [0.1, 0.15) is 12.1 Å². The number of imide groups is 1. The molecule has 2 fully saturated rings. The van der Waals surface area contributed by atoms with Gasteiger partial charge in [0.25, 0.3) is 5.91 Å². The number of carbonyl (C=O) groups excluding carboxylic acids is 3. The van der Waals surface area contributed by atoms with E-state index in [0.717, 1.165) is 43.4 Å². The second-order valence-electron chi connectivity index (χ2n) is 7.81. The highest BCUT2D eigenvalue weighted by atomic mass is 16.2. The molecule has 1 saturated heterocycles. The highest BCUT2D eigenvalue weighted by molar-refractivity contribution is 6.09. The second-order valence-corrected chi connectivity index (χ2v) is 7.81. The first-order valence-corrected chi connectivity index (χ1v) is 9.82. The molecule has 2 rings (SSSR count). The summed E-state index contributed by atoms with van der Waals surface area (Å²) in [7, 11) is 0. The van der Waals surface area contributed by atoms with Gasteiger partial charge in [0, 0.05) is 6.54 Å². The fraction of sp³-hybridized carbons (Fsp3) is 0.842. The molecule has 0 aromatic carbocycles. The molecule has 0 bridgehead atoms. The molecular formula is C19H33N3O3. The van der Waals surface area contributed by atoms with E-state index in [0.29, 0.717) is 31.2 Å². The molecule has 0 aromatic rings. The molecule has 25 heavy (non-hydrogen) atoms. The van der Waals surface area contributed by atoms with Crippen molar-refractivity contribution in [3.8, 4) is 0 Å². The van der Waals surface area contributed by atoms with Crippen LogP contribution in [0.4, 0.5) is 4.79 Å². The third-order valence-electron chi connectivity index (χ3n) is 5.81. The van der Waals surface area contributed by atoms with E-state index in [2.05, 4.69) is 31.4 Å². The molecule has 2 N–H and O–H groups in total. The average Bonchev–Trinajstić information content (AvgIpc) is 2.82. The number of nitrogens with zero attached hydrogens (tertiary/aromatic N) is 1. The number of amides is 4. The van der Waals surface area contributed by atoms with Gasteiger partial charge >= 0.3 is 6.03 Å². The van der Waals surface area contributed by atoms with Crippen LogP contribution in [0, 0.1) is 11.8 Å². The summed E-state index contributed by atoms with van der Waals surface area (Å²) in [4.78, 5) is 38.3. The van der Waals surface area contributed by atoms with E-state index >= 15 is 0 Å². The molecule has 1 aliphatic heterocycles. The van der Waals surface area contributed by atoms with Crippen molar-refractivity contribution < 1.29 is 14.4 Å². The summed E-state index contributed by atoms with van der Waals surface area (Å²) in [6, 6.07) is -0.423. The summed E-state index contributed by atoms with van der Waals surface area (Å²) in [5.41, 5.74) is -0.767. The minimum atomic E-state index is -0.767. The topological polar surface area (TPSA) is 78.5 Å². The van der Waals surface area contributed by atoms with Gasteiger partial charge in [0.15, 0.2) is 0 Å². The lowest BCUT2D eigenvalue weighted by Crippen LogP contribution is -2.50. The van der Waals surface area contributed by atoms with Crippen LogP contribution < -0.4 is 10.6 Å². The standard InChI is InChI=1S/C19H33N3O3/c1-4-6-7-15(5-2)12-20-16(23)13-22-17(24)19(21-18(22)25)10-8-14(3)9-11-19/h14-15H,4-13H2,1-3H3,(H,20,23)(H,21,25)/t14?,15-,19?/m0/s1. The van der Waals surface area contributed by atoms with Crippen molar-refractivity contribution in [3.05, 3.63) is 0 Å². The lowest BCUT2D eigenvalue weighted by Gasteiger charge is -2.33. The monoisotopic (exact) mass is 351 g/mol. The summed E-state index contributed by atoms with van der Waals surface area (Å²) >= 11 is 0. The maximum Gasteiger partial charge on any atom is 0.325 e. The lowest BCUT2D eigenvalue weighted by atomic mass is 9.77. The lowest BCUT2D eigenvalue weighted by molar-refractivity contribution is -0.136. The molecule has 2 aliphatic rings. The fourth-order valence-electron chi connectivity index (χ4n) is 3.81. The smallest absolute Gasteiger partial charge is 0.325 e. The number of rotatable bonds is 8. The number of unbranched alkanes of at least 4 members (excludes halogenated alkanes) is 1. The van der Waals surface area contributed by atoms with Gasteiger partial charge in [0.05, 0.1) is 0 Å². The Morgan fingerprint density at radius 2 is 2.00 bits per heavy atom. The zero-order valence-corrected chi connectivity index (χ0v) is 15.9. The van der Waals surface area contributed by atoms with Crippen LogP contribution in [0.25, 0.3) is 0 Å². The largest absolute Gasteiger partial charge is 0.354 e. The highest BCUT2D eigenvalue weighted by Gasteiger charge is 2.52. The molecule has 6 heteroatoms. The first-order valence-electron chi connectivity index (χ1n) is 9.82. The number of urea groups is 1. The Bertz CT molecular complexity index is 498.